The molecule has 2 rings (SSSR count). The van der Waals surface area contributed by atoms with E-state index in [1.807, 2.05) is 0 Å². The van der Waals surface area contributed by atoms with E-state index in [0.717, 1.165) is 32.7 Å². The van der Waals surface area contributed by atoms with E-state index in [4.69, 9.17) is 9.47 Å². The molecule has 1 aliphatic heterocycles. The Bertz CT molecular complexity index is 323. The Kier molecular flexibility index (Phi) is 4.57. The van der Waals surface area contributed by atoms with Gasteiger partial charge in [0, 0.05) is 13.2 Å². The van der Waals surface area contributed by atoms with E-state index in [-0.39, 0.29) is 0 Å². The van der Waals surface area contributed by atoms with Gasteiger partial charge >= 0.3 is 0 Å². The summed E-state index contributed by atoms with van der Waals surface area (Å²) >= 11 is 0. The minimum absolute atomic E-state index is 0.383. The van der Waals surface area contributed by atoms with Gasteiger partial charge in [-0.15, -0.1) is 0 Å². The summed E-state index contributed by atoms with van der Waals surface area (Å²) < 4.78 is 11.2. The summed E-state index contributed by atoms with van der Waals surface area (Å²) in [6.45, 7) is 6.85. The number of hydrogen-bond donors (Lipinski definition) is 0. The fourth-order valence-corrected chi connectivity index (χ4v) is 2.06. The lowest BCUT2D eigenvalue weighted by Gasteiger charge is -2.22. The minimum Gasteiger partial charge on any atom is -0.381 e. The molecule has 0 N–H and O–H groups in total. The van der Waals surface area contributed by atoms with Gasteiger partial charge in [-0.2, -0.15) is 0 Å². The van der Waals surface area contributed by atoms with Gasteiger partial charge in [0.15, 0.2) is 0 Å². The first kappa shape index (κ1) is 12.6. The molecule has 0 radical (unpaired) electrons. The number of hydrogen-bond acceptors (Lipinski definition) is 2. The van der Waals surface area contributed by atoms with Crippen LogP contribution in [0, 0.1) is 0 Å². The Morgan fingerprint density at radius 3 is 2.41 bits per heavy atom. The van der Waals surface area contributed by atoms with Gasteiger partial charge in [0.1, 0.15) is 0 Å². The normalized spacial score (nSPS) is 17.6. The molecule has 1 aromatic carbocycles. The van der Waals surface area contributed by atoms with Crippen molar-refractivity contribution in [1.82, 2.24) is 0 Å². The van der Waals surface area contributed by atoms with Gasteiger partial charge in [0.25, 0.3) is 0 Å². The smallest absolute Gasteiger partial charge is 0.0720 e. The van der Waals surface area contributed by atoms with Gasteiger partial charge in [-0.05, 0) is 29.9 Å². The van der Waals surface area contributed by atoms with Crippen LogP contribution in [0.1, 0.15) is 43.7 Å². The second kappa shape index (κ2) is 6.18. The van der Waals surface area contributed by atoms with Crippen molar-refractivity contribution in [2.75, 3.05) is 13.2 Å². The van der Waals surface area contributed by atoms with Crippen LogP contribution in [0.15, 0.2) is 24.3 Å². The van der Waals surface area contributed by atoms with E-state index < -0.39 is 0 Å². The topological polar surface area (TPSA) is 18.5 Å². The number of ether oxygens (including phenoxy) is 2. The third-order valence-electron chi connectivity index (χ3n) is 3.30. The second-order valence-corrected chi connectivity index (χ2v) is 5.02. The van der Waals surface area contributed by atoms with Gasteiger partial charge in [-0.1, -0.05) is 38.1 Å². The average Bonchev–Trinajstić information content (AvgIpc) is 2.38. The highest BCUT2D eigenvalue weighted by atomic mass is 16.5. The molecule has 0 aromatic heterocycles. The molecule has 17 heavy (non-hydrogen) atoms. The molecule has 0 saturated carbocycles. The zero-order valence-electron chi connectivity index (χ0n) is 10.8. The maximum absolute atomic E-state index is 5.89. The van der Waals surface area contributed by atoms with E-state index in [2.05, 4.69) is 38.1 Å². The predicted molar refractivity (Wildman–Crippen MR) is 69.2 cm³/mol. The minimum atomic E-state index is 0.383. The van der Waals surface area contributed by atoms with Gasteiger partial charge in [0.05, 0.1) is 12.7 Å². The quantitative estimate of drug-likeness (QED) is 0.793. The Balaban J connectivity index is 1.82. The zero-order chi connectivity index (χ0) is 12.1. The van der Waals surface area contributed by atoms with Crippen LogP contribution in [0.2, 0.25) is 0 Å². The molecule has 0 atom stereocenters. The summed E-state index contributed by atoms with van der Waals surface area (Å²) in [5.74, 6) is 0.598. The standard InChI is InChI=1S/C15H22O2/c1-12(2)14-5-3-13(4-6-14)11-17-15-7-9-16-10-8-15/h3-6,12,15H,7-11H2,1-2H3. The molecule has 2 nitrogen and oxygen atoms in total. The monoisotopic (exact) mass is 234 g/mol. The Morgan fingerprint density at radius 2 is 1.82 bits per heavy atom. The van der Waals surface area contributed by atoms with Crippen LogP contribution >= 0.6 is 0 Å². The molecule has 1 heterocycles. The SMILES string of the molecule is CC(C)c1ccc(COC2CCOCC2)cc1. The molecule has 0 aliphatic carbocycles. The molecule has 1 aliphatic rings. The molecule has 1 fully saturated rings. The van der Waals surface area contributed by atoms with Gasteiger partial charge in [-0.25, -0.2) is 0 Å². The van der Waals surface area contributed by atoms with Crippen molar-refractivity contribution in [2.24, 2.45) is 0 Å². The van der Waals surface area contributed by atoms with E-state index in [0.29, 0.717) is 12.0 Å². The summed E-state index contributed by atoms with van der Waals surface area (Å²) in [6, 6.07) is 8.75. The van der Waals surface area contributed by atoms with Crippen molar-refractivity contribution >= 4 is 0 Å². The van der Waals surface area contributed by atoms with Crippen LogP contribution < -0.4 is 0 Å². The molecule has 94 valence electrons. The highest BCUT2D eigenvalue weighted by molar-refractivity contribution is 5.24. The van der Waals surface area contributed by atoms with Gasteiger partial charge in [0.2, 0.25) is 0 Å². The maximum atomic E-state index is 5.89. The molecule has 1 aromatic rings. The van der Waals surface area contributed by atoms with Crippen molar-refractivity contribution < 1.29 is 9.47 Å². The molecule has 0 amide bonds. The highest BCUT2D eigenvalue weighted by Gasteiger charge is 2.13. The van der Waals surface area contributed by atoms with Crippen LogP contribution in [0.25, 0.3) is 0 Å². The molecular formula is C15H22O2. The largest absolute Gasteiger partial charge is 0.381 e. The number of rotatable bonds is 4. The average molecular weight is 234 g/mol. The predicted octanol–water partition coefficient (Wildman–Crippen LogP) is 3.51. The molecule has 1 saturated heterocycles. The van der Waals surface area contributed by atoms with Crippen molar-refractivity contribution in [3.63, 3.8) is 0 Å². The first-order chi connectivity index (χ1) is 8.25. The van der Waals surface area contributed by atoms with E-state index >= 15 is 0 Å². The Morgan fingerprint density at radius 1 is 1.18 bits per heavy atom. The summed E-state index contributed by atoms with van der Waals surface area (Å²) in [5.41, 5.74) is 2.65. The van der Waals surface area contributed by atoms with Crippen molar-refractivity contribution in [3.8, 4) is 0 Å². The fraction of sp³-hybridized carbons (Fsp3) is 0.600. The maximum Gasteiger partial charge on any atom is 0.0720 e. The second-order valence-electron chi connectivity index (χ2n) is 5.02. The van der Waals surface area contributed by atoms with E-state index in [9.17, 15) is 0 Å². The molecule has 2 heteroatoms. The molecular weight excluding hydrogens is 212 g/mol. The lowest BCUT2D eigenvalue weighted by Crippen LogP contribution is -2.23. The van der Waals surface area contributed by atoms with E-state index in [1.165, 1.54) is 11.1 Å². The Labute approximate surface area is 104 Å². The lowest BCUT2D eigenvalue weighted by atomic mass is 10.0. The molecule has 0 unspecified atom stereocenters. The van der Waals surface area contributed by atoms with Gasteiger partial charge in [-0.3, -0.25) is 0 Å². The number of benzene rings is 1. The van der Waals surface area contributed by atoms with Crippen LogP contribution in [-0.2, 0) is 16.1 Å². The third-order valence-corrected chi connectivity index (χ3v) is 3.30. The first-order valence-electron chi connectivity index (χ1n) is 6.54. The summed E-state index contributed by atoms with van der Waals surface area (Å²) in [4.78, 5) is 0. The van der Waals surface area contributed by atoms with Crippen LogP contribution in [0.3, 0.4) is 0 Å². The fourth-order valence-electron chi connectivity index (χ4n) is 2.06. The van der Waals surface area contributed by atoms with Crippen LogP contribution in [0.5, 0.6) is 0 Å². The summed E-state index contributed by atoms with van der Waals surface area (Å²) in [7, 11) is 0. The van der Waals surface area contributed by atoms with E-state index in [1.54, 1.807) is 0 Å². The van der Waals surface area contributed by atoms with Gasteiger partial charge < -0.3 is 9.47 Å². The highest BCUT2D eigenvalue weighted by Crippen LogP contribution is 2.17. The summed E-state index contributed by atoms with van der Waals surface area (Å²) in [6.07, 6.45) is 2.45. The lowest BCUT2D eigenvalue weighted by molar-refractivity contribution is -0.0390. The molecule has 0 spiro atoms. The molecule has 0 bridgehead atoms. The van der Waals surface area contributed by atoms with Crippen LogP contribution in [0.4, 0.5) is 0 Å². The van der Waals surface area contributed by atoms with Crippen molar-refractivity contribution in [1.29, 1.82) is 0 Å². The van der Waals surface area contributed by atoms with Crippen LogP contribution in [-0.4, -0.2) is 19.3 Å². The van der Waals surface area contributed by atoms with Crippen molar-refractivity contribution in [2.45, 2.75) is 45.3 Å². The van der Waals surface area contributed by atoms with Crippen molar-refractivity contribution in [3.05, 3.63) is 35.4 Å². The first-order valence-corrected chi connectivity index (χ1v) is 6.54. The summed E-state index contributed by atoms with van der Waals surface area (Å²) in [5, 5.41) is 0. The Hall–Kier alpha value is -0.860. The zero-order valence-corrected chi connectivity index (χ0v) is 10.8. The third kappa shape index (κ3) is 3.83.